The van der Waals surface area contributed by atoms with Crippen LogP contribution in [-0.2, 0) is 0 Å². The van der Waals surface area contributed by atoms with Gasteiger partial charge in [0.1, 0.15) is 5.82 Å². The summed E-state index contributed by atoms with van der Waals surface area (Å²) >= 11 is 1.45. The third-order valence-electron chi connectivity index (χ3n) is 1.59. The highest BCUT2D eigenvalue weighted by atomic mass is 32.1. The molecule has 4 heteroatoms. The maximum absolute atomic E-state index is 4.30. The lowest BCUT2D eigenvalue weighted by Crippen LogP contribution is -1.93. The molecule has 11 heavy (non-hydrogen) atoms. The normalized spacial score (nSPS) is 11.5. The molecule has 0 fully saturated rings. The minimum absolute atomic E-state index is 0.470. The van der Waals surface area contributed by atoms with E-state index in [1.165, 1.54) is 11.5 Å². The first kappa shape index (κ1) is 6.79. The SMILES string of the molecule is CC(C)c1nsc2nccn12. The van der Waals surface area contributed by atoms with E-state index >= 15 is 0 Å². The second-order valence-electron chi connectivity index (χ2n) is 2.78. The lowest BCUT2D eigenvalue weighted by molar-refractivity contribution is 0.777. The van der Waals surface area contributed by atoms with Crippen LogP contribution in [0.5, 0.6) is 0 Å². The Morgan fingerprint density at radius 3 is 3.09 bits per heavy atom. The van der Waals surface area contributed by atoms with Crippen molar-refractivity contribution in [3.05, 3.63) is 18.2 Å². The van der Waals surface area contributed by atoms with Crippen molar-refractivity contribution in [2.75, 3.05) is 0 Å². The Kier molecular flexibility index (Phi) is 1.42. The molecule has 2 heterocycles. The summed E-state index contributed by atoms with van der Waals surface area (Å²) in [6.07, 6.45) is 3.76. The van der Waals surface area contributed by atoms with Crippen molar-refractivity contribution >= 4 is 16.5 Å². The Balaban J connectivity index is 2.68. The maximum atomic E-state index is 4.30. The van der Waals surface area contributed by atoms with Gasteiger partial charge in [0, 0.05) is 29.8 Å². The fourth-order valence-corrected chi connectivity index (χ4v) is 1.87. The molecule has 3 nitrogen and oxygen atoms in total. The van der Waals surface area contributed by atoms with Crippen LogP contribution >= 0.6 is 11.5 Å². The highest BCUT2D eigenvalue weighted by Gasteiger charge is 2.08. The van der Waals surface area contributed by atoms with E-state index in [-0.39, 0.29) is 0 Å². The van der Waals surface area contributed by atoms with Crippen molar-refractivity contribution in [1.82, 2.24) is 13.8 Å². The highest BCUT2D eigenvalue weighted by molar-refractivity contribution is 7.11. The zero-order chi connectivity index (χ0) is 7.84. The minimum atomic E-state index is 0.470. The summed E-state index contributed by atoms with van der Waals surface area (Å²) in [4.78, 5) is 5.12. The van der Waals surface area contributed by atoms with Gasteiger partial charge in [0.2, 0.25) is 4.96 Å². The molecule has 2 rings (SSSR count). The lowest BCUT2D eigenvalue weighted by Gasteiger charge is -1.98. The molecule has 2 aromatic heterocycles. The van der Waals surface area contributed by atoms with Gasteiger partial charge in [0.25, 0.3) is 0 Å². The first-order valence-electron chi connectivity index (χ1n) is 3.57. The topological polar surface area (TPSA) is 30.2 Å². The molecule has 2 aromatic rings. The van der Waals surface area contributed by atoms with Crippen molar-refractivity contribution in [1.29, 1.82) is 0 Å². The third-order valence-corrected chi connectivity index (χ3v) is 2.33. The lowest BCUT2D eigenvalue weighted by atomic mass is 10.2. The Morgan fingerprint density at radius 2 is 2.36 bits per heavy atom. The summed E-state index contributed by atoms with van der Waals surface area (Å²) in [7, 11) is 0. The van der Waals surface area contributed by atoms with Gasteiger partial charge in [-0.05, 0) is 0 Å². The van der Waals surface area contributed by atoms with Crippen molar-refractivity contribution in [2.24, 2.45) is 0 Å². The van der Waals surface area contributed by atoms with Crippen molar-refractivity contribution < 1.29 is 0 Å². The van der Waals surface area contributed by atoms with Gasteiger partial charge in [0.05, 0.1) is 0 Å². The van der Waals surface area contributed by atoms with Crippen molar-refractivity contribution in [3.8, 4) is 0 Å². The molecule has 0 saturated carbocycles. The van der Waals surface area contributed by atoms with Crippen molar-refractivity contribution in [3.63, 3.8) is 0 Å². The minimum Gasteiger partial charge on any atom is -0.277 e. The summed E-state index contributed by atoms with van der Waals surface area (Å²) in [5, 5.41) is 0. The average Bonchev–Trinajstić information content (AvgIpc) is 2.41. The smallest absolute Gasteiger partial charge is 0.213 e. The third kappa shape index (κ3) is 0.939. The number of rotatable bonds is 1. The van der Waals surface area contributed by atoms with Gasteiger partial charge in [-0.15, -0.1) is 0 Å². The first-order chi connectivity index (χ1) is 5.29. The fourth-order valence-electron chi connectivity index (χ4n) is 1.05. The van der Waals surface area contributed by atoms with E-state index in [9.17, 15) is 0 Å². The van der Waals surface area contributed by atoms with Crippen LogP contribution < -0.4 is 0 Å². The second-order valence-corrected chi connectivity index (χ2v) is 3.51. The Labute approximate surface area is 68.9 Å². The number of hydrogen-bond donors (Lipinski definition) is 0. The average molecular weight is 167 g/mol. The molecule has 0 aliphatic carbocycles. The standard InChI is InChI=1S/C7H9N3S/c1-5(2)6-9-11-7-8-3-4-10(6)7/h3-5H,1-2H3. The van der Waals surface area contributed by atoms with E-state index in [4.69, 9.17) is 0 Å². The van der Waals surface area contributed by atoms with Crippen molar-refractivity contribution in [2.45, 2.75) is 19.8 Å². The van der Waals surface area contributed by atoms with Crippen LogP contribution in [0.25, 0.3) is 4.96 Å². The summed E-state index contributed by atoms with van der Waals surface area (Å²) in [5.41, 5.74) is 0. The number of nitrogens with zero attached hydrogens (tertiary/aromatic N) is 3. The van der Waals surface area contributed by atoms with Gasteiger partial charge >= 0.3 is 0 Å². The molecule has 0 spiro atoms. The van der Waals surface area contributed by atoms with Gasteiger partial charge in [0.15, 0.2) is 0 Å². The van der Waals surface area contributed by atoms with E-state index in [1.54, 1.807) is 6.20 Å². The van der Waals surface area contributed by atoms with E-state index in [1.807, 2.05) is 10.6 Å². The van der Waals surface area contributed by atoms with Crippen LogP contribution in [0.4, 0.5) is 0 Å². The number of imidazole rings is 1. The number of fused-ring (bicyclic) bond motifs is 1. The monoisotopic (exact) mass is 167 g/mol. The molecule has 0 radical (unpaired) electrons. The van der Waals surface area contributed by atoms with E-state index in [0.29, 0.717) is 5.92 Å². The molecule has 0 bridgehead atoms. The number of hydrogen-bond acceptors (Lipinski definition) is 3. The molecule has 0 aliphatic rings. The highest BCUT2D eigenvalue weighted by Crippen LogP contribution is 2.17. The number of aromatic nitrogens is 3. The van der Waals surface area contributed by atoms with E-state index < -0.39 is 0 Å². The molecular weight excluding hydrogens is 158 g/mol. The van der Waals surface area contributed by atoms with Crippen LogP contribution in [0.2, 0.25) is 0 Å². The molecule has 0 amide bonds. The van der Waals surface area contributed by atoms with E-state index in [0.717, 1.165) is 10.8 Å². The van der Waals surface area contributed by atoms with Crippen LogP contribution in [0, 0.1) is 0 Å². The first-order valence-corrected chi connectivity index (χ1v) is 4.35. The maximum Gasteiger partial charge on any atom is 0.213 e. The van der Waals surface area contributed by atoms with Crippen LogP contribution in [0.15, 0.2) is 12.4 Å². The quantitative estimate of drug-likeness (QED) is 0.649. The molecule has 0 aromatic carbocycles. The summed E-state index contributed by atoms with van der Waals surface area (Å²) in [5.74, 6) is 1.57. The summed E-state index contributed by atoms with van der Waals surface area (Å²) in [6, 6.07) is 0. The fraction of sp³-hybridized carbons (Fsp3) is 0.429. The van der Waals surface area contributed by atoms with Gasteiger partial charge in [-0.25, -0.2) is 4.98 Å². The van der Waals surface area contributed by atoms with Crippen LogP contribution in [0.3, 0.4) is 0 Å². The second kappa shape index (κ2) is 2.30. The van der Waals surface area contributed by atoms with Crippen LogP contribution in [-0.4, -0.2) is 13.8 Å². The van der Waals surface area contributed by atoms with Gasteiger partial charge in [-0.3, -0.25) is 4.40 Å². The Hall–Kier alpha value is -0.900. The van der Waals surface area contributed by atoms with E-state index in [2.05, 4.69) is 23.2 Å². The Morgan fingerprint density at radius 1 is 1.55 bits per heavy atom. The largest absolute Gasteiger partial charge is 0.277 e. The predicted octanol–water partition coefficient (Wildman–Crippen LogP) is 1.91. The van der Waals surface area contributed by atoms with Gasteiger partial charge in [-0.1, -0.05) is 13.8 Å². The molecule has 58 valence electrons. The summed E-state index contributed by atoms with van der Waals surface area (Å²) < 4.78 is 6.33. The molecule has 0 saturated heterocycles. The molecular formula is C7H9N3S. The van der Waals surface area contributed by atoms with Gasteiger partial charge in [-0.2, -0.15) is 4.37 Å². The molecule has 0 aliphatic heterocycles. The zero-order valence-corrected chi connectivity index (χ0v) is 7.30. The molecule has 0 N–H and O–H groups in total. The van der Waals surface area contributed by atoms with Gasteiger partial charge < -0.3 is 0 Å². The molecule has 0 atom stereocenters. The van der Waals surface area contributed by atoms with Crippen LogP contribution in [0.1, 0.15) is 25.6 Å². The predicted molar refractivity (Wildman–Crippen MR) is 45.0 cm³/mol. The zero-order valence-electron chi connectivity index (χ0n) is 6.48. The summed E-state index contributed by atoms with van der Waals surface area (Å²) in [6.45, 7) is 4.27. The molecule has 0 unspecified atom stereocenters. The Bertz CT molecular complexity index is 360.